The number of aliphatic hydroxyl groups is 1. The molecule has 1 heterocycles. The van der Waals surface area contributed by atoms with E-state index in [1.807, 2.05) is 0 Å². The van der Waals surface area contributed by atoms with E-state index in [0.717, 1.165) is 0 Å². The maximum absolute atomic E-state index is 13.2. The molecule has 0 amide bonds. The topological polar surface area (TPSA) is 55.1 Å². The second-order valence-corrected chi connectivity index (χ2v) is 8.22. The Bertz CT molecular complexity index is 1160. The molecular weight excluding hydrogens is 509 g/mol. The van der Waals surface area contributed by atoms with Gasteiger partial charge in [0.2, 0.25) is 5.78 Å². The smallest absolute Gasteiger partial charge is 0.396 e. The molecule has 0 saturated heterocycles. The van der Waals surface area contributed by atoms with Crippen LogP contribution in [-0.4, -0.2) is 27.0 Å². The molecule has 0 saturated carbocycles. The van der Waals surface area contributed by atoms with Crippen molar-refractivity contribution in [3.63, 3.8) is 0 Å². The lowest BCUT2D eigenvalue weighted by Crippen LogP contribution is -2.18. The number of aliphatic hydroxyl groups excluding tert-OH is 1. The third-order valence-electron chi connectivity index (χ3n) is 5.08. The van der Waals surface area contributed by atoms with Crippen LogP contribution in [0.3, 0.4) is 0 Å². The fraction of sp³-hybridized carbons (Fsp3) is 0.273. The Kier molecular flexibility index (Phi) is 7.64. The summed E-state index contributed by atoms with van der Waals surface area (Å²) < 4.78 is 80.4. The second-order valence-electron chi connectivity index (χ2n) is 7.41. The monoisotopic (exact) mass is 524 g/mol. The summed E-state index contributed by atoms with van der Waals surface area (Å²) in [6, 6.07) is 5.46. The summed E-state index contributed by atoms with van der Waals surface area (Å²) in [6.07, 6.45) is -7.38. The number of nitrogens with zero attached hydrogens (tertiary/aromatic N) is 2. The van der Waals surface area contributed by atoms with E-state index in [-0.39, 0.29) is 36.5 Å². The van der Waals surface area contributed by atoms with E-state index in [1.165, 1.54) is 17.0 Å². The highest BCUT2D eigenvalue weighted by molar-refractivity contribution is 6.42. The van der Waals surface area contributed by atoms with Gasteiger partial charge in [0.15, 0.2) is 5.82 Å². The predicted octanol–water partition coefficient (Wildman–Crippen LogP) is 6.62. The zero-order valence-electron chi connectivity index (χ0n) is 17.1. The molecule has 4 nitrogen and oxygen atoms in total. The molecule has 1 unspecified atom stereocenters. The van der Waals surface area contributed by atoms with Gasteiger partial charge < -0.3 is 9.67 Å². The second kappa shape index (κ2) is 9.97. The molecular formula is C22H16Cl2F6N2O2. The van der Waals surface area contributed by atoms with Crippen molar-refractivity contribution < 1.29 is 36.2 Å². The van der Waals surface area contributed by atoms with E-state index < -0.39 is 40.7 Å². The highest BCUT2D eigenvalue weighted by Crippen LogP contribution is 2.37. The molecule has 1 aromatic heterocycles. The summed E-state index contributed by atoms with van der Waals surface area (Å²) in [5, 5.41) is 10.0. The zero-order chi connectivity index (χ0) is 25.3. The number of alkyl halides is 6. The molecule has 34 heavy (non-hydrogen) atoms. The first-order valence-corrected chi connectivity index (χ1v) is 10.5. The standard InChI is InChI=1S/C22H16Cl2F6N2O2/c23-17-2-1-12(9-18(17)24)13(3-6-33)11-32-5-4-31-20(32)19(34)14-7-15(21(25,26)27)10-16(8-14)22(28,29)30/h1-2,4-5,7-10,13,33H,3,6,11H2. The summed E-state index contributed by atoms with van der Waals surface area (Å²) in [7, 11) is 0. The third-order valence-corrected chi connectivity index (χ3v) is 5.82. The molecule has 182 valence electrons. The Morgan fingerprint density at radius 3 is 2.12 bits per heavy atom. The highest BCUT2D eigenvalue weighted by Gasteiger charge is 2.38. The maximum Gasteiger partial charge on any atom is 0.416 e. The van der Waals surface area contributed by atoms with Gasteiger partial charge in [-0.15, -0.1) is 0 Å². The number of benzene rings is 2. The maximum atomic E-state index is 13.2. The minimum atomic E-state index is -5.09. The van der Waals surface area contributed by atoms with Gasteiger partial charge in [-0.2, -0.15) is 26.3 Å². The first kappa shape index (κ1) is 26.1. The summed E-state index contributed by atoms with van der Waals surface area (Å²) in [6.45, 7) is -0.184. The third kappa shape index (κ3) is 5.92. The van der Waals surface area contributed by atoms with Crippen LogP contribution in [0, 0.1) is 0 Å². The molecule has 0 aliphatic carbocycles. The van der Waals surface area contributed by atoms with E-state index in [4.69, 9.17) is 23.2 Å². The van der Waals surface area contributed by atoms with Crippen LogP contribution in [0.5, 0.6) is 0 Å². The average Bonchev–Trinajstić information content (AvgIpc) is 3.21. The van der Waals surface area contributed by atoms with Crippen molar-refractivity contribution in [3.05, 3.63) is 86.9 Å². The largest absolute Gasteiger partial charge is 0.416 e. The summed E-state index contributed by atoms with van der Waals surface area (Å²) in [4.78, 5) is 16.8. The Balaban J connectivity index is 2.00. The molecule has 0 aliphatic heterocycles. The van der Waals surface area contributed by atoms with E-state index in [2.05, 4.69) is 4.98 Å². The van der Waals surface area contributed by atoms with E-state index >= 15 is 0 Å². The number of hydrogen-bond acceptors (Lipinski definition) is 3. The molecule has 0 aliphatic rings. The van der Waals surface area contributed by atoms with Crippen molar-refractivity contribution in [2.45, 2.75) is 31.2 Å². The number of aromatic nitrogens is 2. The van der Waals surface area contributed by atoms with Gasteiger partial charge in [0, 0.05) is 37.0 Å². The fourth-order valence-electron chi connectivity index (χ4n) is 3.40. The minimum absolute atomic E-state index is 0.0463. The van der Waals surface area contributed by atoms with Crippen molar-refractivity contribution >= 4 is 29.0 Å². The van der Waals surface area contributed by atoms with Crippen LogP contribution < -0.4 is 0 Å². The summed E-state index contributed by atoms with van der Waals surface area (Å²) in [5.41, 5.74) is -3.34. The molecule has 0 radical (unpaired) electrons. The van der Waals surface area contributed by atoms with Crippen LogP contribution in [0.4, 0.5) is 26.3 Å². The van der Waals surface area contributed by atoms with Crippen molar-refractivity contribution in [1.82, 2.24) is 9.55 Å². The van der Waals surface area contributed by atoms with Gasteiger partial charge in [-0.25, -0.2) is 4.98 Å². The van der Waals surface area contributed by atoms with Crippen LogP contribution in [-0.2, 0) is 18.9 Å². The molecule has 0 fully saturated rings. The fourth-order valence-corrected chi connectivity index (χ4v) is 3.71. The van der Waals surface area contributed by atoms with Crippen LogP contribution in [0.1, 0.15) is 45.2 Å². The number of hydrogen-bond donors (Lipinski definition) is 1. The summed E-state index contributed by atoms with van der Waals surface area (Å²) in [5.74, 6) is -1.87. The van der Waals surface area contributed by atoms with Crippen molar-refractivity contribution in [2.24, 2.45) is 0 Å². The first-order chi connectivity index (χ1) is 15.8. The molecule has 0 bridgehead atoms. The van der Waals surface area contributed by atoms with E-state index in [1.54, 1.807) is 18.2 Å². The number of rotatable bonds is 7. The number of imidazole rings is 1. The van der Waals surface area contributed by atoms with Crippen molar-refractivity contribution in [2.75, 3.05) is 6.61 Å². The molecule has 2 aromatic carbocycles. The van der Waals surface area contributed by atoms with Crippen LogP contribution in [0.25, 0.3) is 0 Å². The molecule has 12 heteroatoms. The van der Waals surface area contributed by atoms with Crippen LogP contribution in [0.15, 0.2) is 48.8 Å². The minimum Gasteiger partial charge on any atom is -0.396 e. The van der Waals surface area contributed by atoms with Gasteiger partial charge >= 0.3 is 12.4 Å². The van der Waals surface area contributed by atoms with Crippen LogP contribution in [0.2, 0.25) is 10.0 Å². The van der Waals surface area contributed by atoms with E-state index in [0.29, 0.717) is 22.7 Å². The Hall–Kier alpha value is -2.56. The average molecular weight is 525 g/mol. The van der Waals surface area contributed by atoms with Gasteiger partial charge in [-0.1, -0.05) is 29.3 Å². The van der Waals surface area contributed by atoms with Gasteiger partial charge in [0.1, 0.15) is 0 Å². The number of ketones is 1. The lowest BCUT2D eigenvalue weighted by Gasteiger charge is -2.19. The van der Waals surface area contributed by atoms with Crippen molar-refractivity contribution in [3.8, 4) is 0 Å². The number of carbonyl (C=O) groups is 1. The molecule has 0 spiro atoms. The molecule has 1 N–H and O–H groups in total. The SMILES string of the molecule is O=C(c1cc(C(F)(F)F)cc(C(F)(F)F)c1)c1nccn1CC(CCO)c1ccc(Cl)c(Cl)c1. The number of carbonyl (C=O) groups excluding carboxylic acids is 1. The molecule has 1 atom stereocenters. The highest BCUT2D eigenvalue weighted by atomic mass is 35.5. The van der Waals surface area contributed by atoms with Gasteiger partial charge in [0.25, 0.3) is 0 Å². The van der Waals surface area contributed by atoms with Gasteiger partial charge in [-0.05, 0) is 42.3 Å². The Morgan fingerprint density at radius 1 is 0.971 bits per heavy atom. The molecule has 3 rings (SSSR count). The lowest BCUT2D eigenvalue weighted by molar-refractivity contribution is -0.143. The normalized spacial score (nSPS) is 13.2. The predicted molar refractivity (Wildman–Crippen MR) is 113 cm³/mol. The Labute approximate surface area is 199 Å². The number of halogens is 8. The van der Waals surface area contributed by atoms with Gasteiger partial charge in [0.05, 0.1) is 21.2 Å². The van der Waals surface area contributed by atoms with E-state index in [9.17, 15) is 36.2 Å². The van der Waals surface area contributed by atoms with Crippen molar-refractivity contribution in [1.29, 1.82) is 0 Å². The summed E-state index contributed by atoms with van der Waals surface area (Å²) >= 11 is 12.0. The Morgan fingerprint density at radius 2 is 1.59 bits per heavy atom. The lowest BCUT2D eigenvalue weighted by atomic mass is 9.95. The van der Waals surface area contributed by atoms with Crippen LogP contribution >= 0.6 is 23.2 Å². The zero-order valence-corrected chi connectivity index (χ0v) is 18.6. The van der Waals surface area contributed by atoms with Gasteiger partial charge in [-0.3, -0.25) is 4.79 Å². The quantitative estimate of drug-likeness (QED) is 0.279. The molecule has 3 aromatic rings. The first-order valence-electron chi connectivity index (χ1n) is 9.72.